The van der Waals surface area contributed by atoms with Crippen LogP contribution in [0.25, 0.3) is 10.2 Å². The Balaban J connectivity index is 1.78. The molecule has 0 fully saturated rings. The zero-order chi connectivity index (χ0) is 19.6. The van der Waals surface area contributed by atoms with E-state index in [4.69, 9.17) is 4.74 Å². The predicted octanol–water partition coefficient (Wildman–Crippen LogP) is 4.13. The fraction of sp³-hybridized carbons (Fsp3) is 0.263. The topological polar surface area (TPSA) is 85.4 Å². The number of hydrogen-bond acceptors (Lipinski definition) is 6. The average Bonchev–Trinajstić information content (AvgIpc) is 3.03. The number of thiazole rings is 1. The lowest BCUT2D eigenvalue weighted by atomic mass is 10.2. The first-order valence-electron chi connectivity index (χ1n) is 8.50. The molecule has 6 nitrogen and oxygen atoms in total. The highest BCUT2D eigenvalue weighted by Crippen LogP contribution is 2.29. The number of ether oxygens (including phenoxy) is 1. The van der Waals surface area contributed by atoms with Crippen molar-refractivity contribution in [2.24, 2.45) is 0 Å². The zero-order valence-corrected chi connectivity index (χ0v) is 16.9. The third-order valence-electron chi connectivity index (χ3n) is 3.96. The van der Waals surface area contributed by atoms with Gasteiger partial charge in [0.15, 0.2) is 15.0 Å². The molecule has 0 bridgehead atoms. The molecule has 3 rings (SSSR count). The maximum absolute atomic E-state index is 12.4. The summed E-state index contributed by atoms with van der Waals surface area (Å²) in [5.74, 6) is 0.418. The van der Waals surface area contributed by atoms with Crippen LogP contribution in [-0.4, -0.2) is 31.2 Å². The van der Waals surface area contributed by atoms with E-state index in [2.05, 4.69) is 10.3 Å². The highest BCUT2D eigenvalue weighted by molar-refractivity contribution is 7.92. The first-order valence-corrected chi connectivity index (χ1v) is 10.9. The Hall–Kier alpha value is -2.45. The summed E-state index contributed by atoms with van der Waals surface area (Å²) >= 11 is 1.35. The van der Waals surface area contributed by atoms with Crippen LogP contribution in [0.1, 0.15) is 31.1 Å². The van der Waals surface area contributed by atoms with Crippen LogP contribution in [0.4, 0.5) is 5.13 Å². The lowest BCUT2D eigenvalue weighted by Gasteiger charge is -2.08. The van der Waals surface area contributed by atoms with E-state index in [9.17, 15) is 13.2 Å². The third-order valence-corrected chi connectivity index (χ3v) is 7.06. The van der Waals surface area contributed by atoms with Crippen molar-refractivity contribution in [3.63, 3.8) is 0 Å². The summed E-state index contributed by atoms with van der Waals surface area (Å²) in [6.45, 7) is 5.75. The van der Waals surface area contributed by atoms with Gasteiger partial charge < -0.3 is 4.74 Å². The smallest absolute Gasteiger partial charge is 0.257 e. The summed E-state index contributed by atoms with van der Waals surface area (Å²) in [7, 11) is -3.36. The quantitative estimate of drug-likeness (QED) is 0.668. The fourth-order valence-corrected chi connectivity index (χ4v) is 4.40. The van der Waals surface area contributed by atoms with E-state index in [-0.39, 0.29) is 10.8 Å². The van der Waals surface area contributed by atoms with E-state index < -0.39 is 15.1 Å². The van der Waals surface area contributed by atoms with E-state index in [1.54, 1.807) is 13.8 Å². The third kappa shape index (κ3) is 4.12. The van der Waals surface area contributed by atoms with Crippen LogP contribution in [0.2, 0.25) is 0 Å². The number of aromatic nitrogens is 1. The van der Waals surface area contributed by atoms with Gasteiger partial charge in [0.25, 0.3) is 5.91 Å². The van der Waals surface area contributed by atoms with Gasteiger partial charge in [-0.15, -0.1) is 0 Å². The largest absolute Gasteiger partial charge is 0.494 e. The molecule has 142 valence electrons. The highest BCUT2D eigenvalue weighted by atomic mass is 32.2. The molecule has 1 amide bonds. The van der Waals surface area contributed by atoms with Gasteiger partial charge in [-0.25, -0.2) is 13.4 Å². The highest BCUT2D eigenvalue weighted by Gasteiger charge is 2.19. The minimum absolute atomic E-state index is 0.206. The van der Waals surface area contributed by atoms with Gasteiger partial charge in [-0.05, 0) is 63.2 Å². The molecule has 0 radical (unpaired) electrons. The molecule has 0 aliphatic rings. The zero-order valence-electron chi connectivity index (χ0n) is 15.2. The molecule has 27 heavy (non-hydrogen) atoms. The molecular formula is C19H20N2O4S2. The summed E-state index contributed by atoms with van der Waals surface area (Å²) in [5, 5.41) is 2.72. The Labute approximate surface area is 162 Å². The number of benzene rings is 2. The summed E-state index contributed by atoms with van der Waals surface area (Å²) in [6, 6.07) is 11.5. The number of nitrogens with one attached hydrogen (secondary N) is 1. The Morgan fingerprint density at radius 3 is 2.52 bits per heavy atom. The van der Waals surface area contributed by atoms with Crippen LogP contribution in [-0.2, 0) is 9.84 Å². The van der Waals surface area contributed by atoms with Crippen molar-refractivity contribution in [1.82, 2.24) is 4.98 Å². The normalized spacial score (nSPS) is 11.7. The first kappa shape index (κ1) is 19.3. The standard InChI is InChI=1S/C19H20N2O4S2/c1-4-25-14-7-10-16-17(11-14)26-19(20-16)21-18(22)13-5-8-15(9-6-13)27(23,24)12(2)3/h5-12H,4H2,1-3H3,(H,20,21,22). The minimum atomic E-state index is -3.36. The molecular weight excluding hydrogens is 384 g/mol. The maximum atomic E-state index is 12.4. The summed E-state index contributed by atoms with van der Waals surface area (Å²) in [5.41, 5.74) is 1.14. The fourth-order valence-electron chi connectivity index (χ4n) is 2.45. The molecule has 0 aliphatic carbocycles. The van der Waals surface area contributed by atoms with Gasteiger partial charge in [0, 0.05) is 5.56 Å². The van der Waals surface area contributed by atoms with Crippen molar-refractivity contribution < 1.29 is 17.9 Å². The van der Waals surface area contributed by atoms with E-state index >= 15 is 0 Å². The Morgan fingerprint density at radius 1 is 1.19 bits per heavy atom. The average molecular weight is 405 g/mol. The molecule has 0 spiro atoms. The number of fused-ring (bicyclic) bond motifs is 1. The molecule has 0 saturated heterocycles. The van der Waals surface area contributed by atoms with Crippen LogP contribution < -0.4 is 10.1 Å². The molecule has 3 aromatic rings. The maximum Gasteiger partial charge on any atom is 0.257 e. The second-order valence-corrected chi connectivity index (χ2v) is 9.69. The van der Waals surface area contributed by atoms with Crippen molar-refractivity contribution >= 4 is 42.4 Å². The van der Waals surface area contributed by atoms with Gasteiger partial charge in [0.1, 0.15) is 5.75 Å². The molecule has 1 N–H and O–H groups in total. The van der Waals surface area contributed by atoms with E-state index in [1.807, 2.05) is 25.1 Å². The molecule has 0 atom stereocenters. The van der Waals surface area contributed by atoms with Gasteiger partial charge in [0.05, 0.1) is 27.0 Å². The number of anilines is 1. The molecule has 0 unspecified atom stereocenters. The Kier molecular flexibility index (Phi) is 5.48. The number of hydrogen-bond donors (Lipinski definition) is 1. The van der Waals surface area contributed by atoms with Crippen LogP contribution in [0.5, 0.6) is 5.75 Å². The lowest BCUT2D eigenvalue weighted by molar-refractivity contribution is 0.102. The van der Waals surface area contributed by atoms with Gasteiger partial charge in [-0.1, -0.05) is 11.3 Å². The van der Waals surface area contributed by atoms with E-state index in [0.29, 0.717) is 17.3 Å². The Morgan fingerprint density at radius 2 is 1.89 bits per heavy atom. The van der Waals surface area contributed by atoms with Crippen LogP contribution in [0, 0.1) is 0 Å². The van der Waals surface area contributed by atoms with Crippen molar-refractivity contribution in [3.05, 3.63) is 48.0 Å². The lowest BCUT2D eigenvalue weighted by Crippen LogP contribution is -2.15. The SMILES string of the molecule is CCOc1ccc2nc(NC(=O)c3ccc(S(=O)(=O)C(C)C)cc3)sc2c1. The van der Waals surface area contributed by atoms with Gasteiger partial charge in [-0.3, -0.25) is 10.1 Å². The molecule has 1 aromatic heterocycles. The number of nitrogens with zero attached hydrogens (tertiary/aromatic N) is 1. The van der Waals surface area contributed by atoms with Crippen LogP contribution in [0.3, 0.4) is 0 Å². The second kappa shape index (κ2) is 7.66. The number of sulfone groups is 1. The second-order valence-electron chi connectivity index (χ2n) is 6.15. The van der Waals surface area contributed by atoms with E-state index in [0.717, 1.165) is 16.0 Å². The van der Waals surface area contributed by atoms with Crippen LogP contribution >= 0.6 is 11.3 Å². The van der Waals surface area contributed by atoms with Crippen molar-refractivity contribution in [2.45, 2.75) is 30.9 Å². The molecule has 2 aromatic carbocycles. The molecule has 0 aliphatic heterocycles. The Bertz CT molecular complexity index is 1070. The van der Waals surface area contributed by atoms with Crippen molar-refractivity contribution in [3.8, 4) is 5.75 Å². The summed E-state index contributed by atoms with van der Waals surface area (Å²) in [6.07, 6.45) is 0. The van der Waals surface area contributed by atoms with Crippen molar-refractivity contribution in [2.75, 3.05) is 11.9 Å². The molecule has 1 heterocycles. The number of rotatable bonds is 6. The summed E-state index contributed by atoms with van der Waals surface area (Å²) in [4.78, 5) is 17.0. The molecule has 0 saturated carbocycles. The predicted molar refractivity (Wildman–Crippen MR) is 108 cm³/mol. The first-order chi connectivity index (χ1) is 12.8. The van der Waals surface area contributed by atoms with Gasteiger partial charge >= 0.3 is 0 Å². The minimum Gasteiger partial charge on any atom is -0.494 e. The number of carbonyl (C=O) groups excluding carboxylic acids is 1. The van der Waals surface area contributed by atoms with E-state index in [1.165, 1.54) is 35.6 Å². The molecule has 8 heteroatoms. The monoisotopic (exact) mass is 404 g/mol. The van der Waals surface area contributed by atoms with Gasteiger partial charge in [0.2, 0.25) is 0 Å². The van der Waals surface area contributed by atoms with Gasteiger partial charge in [-0.2, -0.15) is 0 Å². The number of amides is 1. The van der Waals surface area contributed by atoms with Crippen molar-refractivity contribution in [1.29, 1.82) is 0 Å². The number of carbonyl (C=O) groups is 1. The summed E-state index contributed by atoms with van der Waals surface area (Å²) < 4.78 is 30.7. The van der Waals surface area contributed by atoms with Crippen LogP contribution in [0.15, 0.2) is 47.4 Å².